The van der Waals surface area contributed by atoms with Gasteiger partial charge in [0.25, 0.3) is 0 Å². The van der Waals surface area contributed by atoms with Crippen LogP contribution >= 0.6 is 0 Å². The molecule has 0 saturated carbocycles. The third-order valence-electron chi connectivity index (χ3n) is 4.21. The Kier molecular flexibility index (Phi) is 4.72. The maximum Gasteiger partial charge on any atom is 0.345 e. The van der Waals surface area contributed by atoms with Crippen molar-refractivity contribution in [3.05, 3.63) is 11.8 Å². The summed E-state index contributed by atoms with van der Waals surface area (Å²) in [6, 6.07) is 0. The van der Waals surface area contributed by atoms with Crippen molar-refractivity contribution in [3.63, 3.8) is 0 Å². The Morgan fingerprint density at radius 1 is 1.30 bits per heavy atom. The molecule has 1 aliphatic carbocycles. The van der Waals surface area contributed by atoms with Crippen LogP contribution < -0.4 is 0 Å². The van der Waals surface area contributed by atoms with Crippen molar-refractivity contribution in [2.45, 2.75) is 25.4 Å². The highest BCUT2D eigenvalue weighted by molar-refractivity contribution is 5.98. The highest BCUT2D eigenvalue weighted by Gasteiger charge is 2.58. The second-order valence-electron chi connectivity index (χ2n) is 5.32. The van der Waals surface area contributed by atoms with Crippen LogP contribution in [0.3, 0.4) is 0 Å². The van der Waals surface area contributed by atoms with Crippen LogP contribution in [-0.4, -0.2) is 50.1 Å². The minimum Gasteiger partial charge on any atom is -0.482 e. The standard InChI is InChI=1S/C15H18O8/c1-4-15-9(12(13(18)20-2)14(19)21-3)5-8(16)6-10(15)22-7-11(17)23-15/h6,9,12H,4-5,7H2,1-3H3/t9-,15+/m1/s1. The molecule has 0 unspecified atom stereocenters. The van der Waals surface area contributed by atoms with E-state index in [0.717, 1.165) is 14.2 Å². The molecule has 2 rings (SSSR count). The van der Waals surface area contributed by atoms with E-state index < -0.39 is 35.3 Å². The van der Waals surface area contributed by atoms with Gasteiger partial charge in [-0.1, -0.05) is 6.92 Å². The predicted molar refractivity (Wildman–Crippen MR) is 73.8 cm³/mol. The Hall–Kier alpha value is -2.38. The van der Waals surface area contributed by atoms with E-state index in [-0.39, 0.29) is 31.0 Å². The topological polar surface area (TPSA) is 105 Å². The number of ether oxygens (including phenoxy) is 4. The number of ketones is 1. The first-order valence-corrected chi connectivity index (χ1v) is 7.15. The smallest absolute Gasteiger partial charge is 0.345 e. The fourth-order valence-corrected chi connectivity index (χ4v) is 3.13. The minimum atomic E-state index is -1.40. The second kappa shape index (κ2) is 6.39. The zero-order valence-corrected chi connectivity index (χ0v) is 13.1. The van der Waals surface area contributed by atoms with Crippen molar-refractivity contribution in [2.24, 2.45) is 11.8 Å². The quantitative estimate of drug-likeness (QED) is 0.408. The number of carbonyl (C=O) groups is 4. The molecule has 2 atom stereocenters. The number of hydrogen-bond donors (Lipinski definition) is 0. The molecular formula is C15H18O8. The molecular weight excluding hydrogens is 308 g/mol. The fraction of sp³-hybridized carbons (Fsp3) is 0.600. The number of carbonyl (C=O) groups excluding carboxylic acids is 4. The van der Waals surface area contributed by atoms with Gasteiger partial charge in [0.15, 0.2) is 23.9 Å². The van der Waals surface area contributed by atoms with E-state index in [4.69, 9.17) is 9.47 Å². The molecule has 0 amide bonds. The van der Waals surface area contributed by atoms with Gasteiger partial charge in [0.05, 0.1) is 14.2 Å². The maximum absolute atomic E-state index is 12.1. The molecule has 0 aromatic heterocycles. The molecule has 0 spiro atoms. The van der Waals surface area contributed by atoms with Gasteiger partial charge in [-0.25, -0.2) is 4.79 Å². The van der Waals surface area contributed by atoms with Crippen molar-refractivity contribution in [1.82, 2.24) is 0 Å². The van der Waals surface area contributed by atoms with Gasteiger partial charge >= 0.3 is 17.9 Å². The van der Waals surface area contributed by atoms with E-state index in [2.05, 4.69) is 9.47 Å². The number of methoxy groups -OCH3 is 2. The summed E-state index contributed by atoms with van der Waals surface area (Å²) in [6.45, 7) is 1.39. The minimum absolute atomic E-state index is 0.152. The van der Waals surface area contributed by atoms with Crippen LogP contribution in [-0.2, 0) is 38.1 Å². The summed E-state index contributed by atoms with van der Waals surface area (Å²) in [5.41, 5.74) is -1.36. The first-order valence-electron chi connectivity index (χ1n) is 7.15. The second-order valence-corrected chi connectivity index (χ2v) is 5.32. The predicted octanol–water partition coefficient (Wildman–Crippen LogP) is 0.144. The number of fused-ring (bicyclic) bond motifs is 1. The van der Waals surface area contributed by atoms with Crippen molar-refractivity contribution in [2.75, 3.05) is 20.8 Å². The fourth-order valence-electron chi connectivity index (χ4n) is 3.13. The van der Waals surface area contributed by atoms with E-state index in [1.807, 2.05) is 0 Å². The lowest BCUT2D eigenvalue weighted by Gasteiger charge is -2.46. The normalized spacial score (nSPS) is 26.6. The van der Waals surface area contributed by atoms with Gasteiger partial charge in [-0.3, -0.25) is 14.4 Å². The van der Waals surface area contributed by atoms with Gasteiger partial charge in [0.2, 0.25) is 0 Å². The Labute approximate surface area is 132 Å². The molecule has 0 N–H and O–H groups in total. The molecule has 1 aliphatic heterocycles. The Balaban J connectivity index is 2.54. The summed E-state index contributed by atoms with van der Waals surface area (Å²) in [5, 5.41) is 0. The molecule has 0 radical (unpaired) electrons. The largest absolute Gasteiger partial charge is 0.482 e. The lowest BCUT2D eigenvalue weighted by molar-refractivity contribution is -0.197. The zero-order chi connectivity index (χ0) is 17.2. The van der Waals surface area contributed by atoms with Crippen molar-refractivity contribution >= 4 is 23.7 Å². The summed E-state index contributed by atoms with van der Waals surface area (Å²) >= 11 is 0. The zero-order valence-electron chi connectivity index (χ0n) is 13.1. The monoisotopic (exact) mass is 326 g/mol. The molecule has 1 saturated heterocycles. The lowest BCUT2D eigenvalue weighted by atomic mass is 9.69. The molecule has 0 bridgehead atoms. The summed E-state index contributed by atoms with van der Waals surface area (Å²) in [7, 11) is 2.25. The van der Waals surface area contributed by atoms with E-state index in [0.29, 0.717) is 0 Å². The van der Waals surface area contributed by atoms with Crippen molar-refractivity contribution < 1.29 is 38.1 Å². The van der Waals surface area contributed by atoms with Crippen LogP contribution in [0.15, 0.2) is 11.8 Å². The molecule has 0 aromatic carbocycles. The highest BCUT2D eigenvalue weighted by Crippen LogP contribution is 2.46. The molecule has 1 heterocycles. The maximum atomic E-state index is 12.1. The third kappa shape index (κ3) is 2.80. The van der Waals surface area contributed by atoms with Gasteiger partial charge in [0.1, 0.15) is 5.76 Å². The molecule has 126 valence electrons. The Morgan fingerprint density at radius 3 is 2.43 bits per heavy atom. The number of hydrogen-bond acceptors (Lipinski definition) is 8. The van der Waals surface area contributed by atoms with E-state index in [1.165, 1.54) is 6.08 Å². The summed E-state index contributed by atoms with van der Waals surface area (Å²) in [6.07, 6.45) is 1.31. The van der Waals surface area contributed by atoms with Gasteiger partial charge in [0, 0.05) is 18.4 Å². The number of esters is 3. The van der Waals surface area contributed by atoms with Crippen LogP contribution in [0.4, 0.5) is 0 Å². The van der Waals surface area contributed by atoms with Gasteiger partial charge in [-0.05, 0) is 6.42 Å². The molecule has 0 aromatic rings. The molecule has 2 aliphatic rings. The molecule has 8 nitrogen and oxygen atoms in total. The van der Waals surface area contributed by atoms with Gasteiger partial charge in [-0.2, -0.15) is 0 Å². The molecule has 23 heavy (non-hydrogen) atoms. The van der Waals surface area contributed by atoms with Crippen molar-refractivity contribution in [3.8, 4) is 0 Å². The van der Waals surface area contributed by atoms with Crippen LogP contribution in [0, 0.1) is 11.8 Å². The SMILES string of the molecule is CC[C@@]12OC(=O)COC1=CC(=O)C[C@@H]2C(C(=O)OC)C(=O)OC. The lowest BCUT2D eigenvalue weighted by Crippen LogP contribution is -2.56. The van der Waals surface area contributed by atoms with Gasteiger partial charge in [-0.15, -0.1) is 0 Å². The first-order chi connectivity index (χ1) is 10.9. The van der Waals surface area contributed by atoms with E-state index in [9.17, 15) is 19.2 Å². The van der Waals surface area contributed by atoms with Crippen LogP contribution in [0.1, 0.15) is 19.8 Å². The van der Waals surface area contributed by atoms with E-state index in [1.54, 1.807) is 6.92 Å². The Morgan fingerprint density at radius 2 is 1.91 bits per heavy atom. The van der Waals surface area contributed by atoms with Crippen molar-refractivity contribution in [1.29, 1.82) is 0 Å². The molecule has 1 fully saturated rings. The summed E-state index contributed by atoms with van der Waals surface area (Å²) < 4.78 is 20.1. The first kappa shape index (κ1) is 17.0. The molecule has 8 heteroatoms. The number of allylic oxidation sites excluding steroid dienone is 1. The number of rotatable bonds is 4. The van der Waals surface area contributed by atoms with E-state index >= 15 is 0 Å². The Bertz CT molecular complexity index is 562. The third-order valence-corrected chi connectivity index (χ3v) is 4.21. The van der Waals surface area contributed by atoms with Crippen LogP contribution in [0.2, 0.25) is 0 Å². The summed E-state index contributed by atoms with van der Waals surface area (Å²) in [4.78, 5) is 47.9. The van der Waals surface area contributed by atoms with Crippen LogP contribution in [0.5, 0.6) is 0 Å². The average Bonchev–Trinajstić information content (AvgIpc) is 2.54. The summed E-state index contributed by atoms with van der Waals surface area (Å²) in [5.74, 6) is -4.87. The van der Waals surface area contributed by atoms with Crippen LogP contribution in [0.25, 0.3) is 0 Å². The van der Waals surface area contributed by atoms with Gasteiger partial charge < -0.3 is 18.9 Å². The average molecular weight is 326 g/mol. The highest BCUT2D eigenvalue weighted by atomic mass is 16.6.